The molecule has 25 heavy (non-hydrogen) atoms. The normalized spacial score (nSPS) is 17.4. The molecule has 1 unspecified atom stereocenters. The minimum Gasteiger partial charge on any atom is -0.348 e. The van der Waals surface area contributed by atoms with Crippen molar-refractivity contribution >= 4 is 33.2 Å². The monoisotopic (exact) mass is 424 g/mol. The van der Waals surface area contributed by atoms with E-state index in [4.69, 9.17) is 9.47 Å². The van der Waals surface area contributed by atoms with Crippen LogP contribution in [-0.4, -0.2) is 30.1 Å². The molecule has 0 saturated carbocycles. The van der Waals surface area contributed by atoms with Crippen molar-refractivity contribution in [1.29, 1.82) is 0 Å². The van der Waals surface area contributed by atoms with E-state index in [0.29, 0.717) is 23.1 Å². The highest BCUT2D eigenvalue weighted by Gasteiger charge is 2.36. The zero-order chi connectivity index (χ0) is 17.9. The maximum absolute atomic E-state index is 12.6. The van der Waals surface area contributed by atoms with Gasteiger partial charge in [0.15, 0.2) is 5.01 Å². The van der Waals surface area contributed by atoms with Gasteiger partial charge in [-0.15, -0.1) is 11.3 Å². The molecule has 134 valence electrons. The summed E-state index contributed by atoms with van der Waals surface area (Å²) in [5.74, 6) is -0.938. The first-order valence-corrected chi connectivity index (χ1v) is 9.91. The summed E-state index contributed by atoms with van der Waals surface area (Å²) in [6.45, 7) is 4.99. The van der Waals surface area contributed by atoms with Gasteiger partial charge in [-0.2, -0.15) is 0 Å². The first-order chi connectivity index (χ1) is 12.0. The molecule has 1 aromatic carbocycles. The smallest absolute Gasteiger partial charge is 0.263 e. The van der Waals surface area contributed by atoms with Gasteiger partial charge in [-0.05, 0) is 31.4 Å². The predicted octanol–water partition coefficient (Wildman–Crippen LogP) is 3.88. The van der Waals surface area contributed by atoms with Gasteiger partial charge >= 0.3 is 0 Å². The lowest BCUT2D eigenvalue weighted by Crippen LogP contribution is -2.35. The van der Waals surface area contributed by atoms with Gasteiger partial charge in [-0.25, -0.2) is 4.98 Å². The fourth-order valence-corrected chi connectivity index (χ4v) is 4.03. The predicted molar refractivity (Wildman–Crippen MR) is 101 cm³/mol. The number of benzene rings is 1. The molecule has 3 rings (SSSR count). The van der Waals surface area contributed by atoms with Gasteiger partial charge in [0.25, 0.3) is 5.91 Å². The molecule has 1 N–H and O–H groups in total. The topological polar surface area (TPSA) is 60.5 Å². The van der Waals surface area contributed by atoms with E-state index in [1.807, 2.05) is 25.1 Å². The maximum Gasteiger partial charge on any atom is 0.263 e. The van der Waals surface area contributed by atoms with Gasteiger partial charge in [0.1, 0.15) is 4.88 Å². The van der Waals surface area contributed by atoms with Gasteiger partial charge in [0.2, 0.25) is 5.79 Å². The summed E-state index contributed by atoms with van der Waals surface area (Å²) in [4.78, 5) is 17.5. The Kier molecular flexibility index (Phi) is 5.89. The number of rotatable bonds is 6. The molecule has 5 nitrogen and oxygen atoms in total. The second-order valence-corrected chi connectivity index (χ2v) is 7.93. The molecule has 1 atom stereocenters. The lowest BCUT2D eigenvalue weighted by molar-refractivity contribution is -0.149. The molecular weight excluding hydrogens is 404 g/mol. The Morgan fingerprint density at radius 3 is 2.80 bits per heavy atom. The van der Waals surface area contributed by atoms with Crippen molar-refractivity contribution in [2.24, 2.45) is 0 Å². The Balaban J connectivity index is 1.66. The van der Waals surface area contributed by atoms with E-state index in [2.05, 4.69) is 39.2 Å². The van der Waals surface area contributed by atoms with Crippen molar-refractivity contribution < 1.29 is 14.3 Å². The second-order valence-electron chi connectivity index (χ2n) is 6.05. The van der Waals surface area contributed by atoms with Gasteiger partial charge in [-0.1, -0.05) is 41.1 Å². The van der Waals surface area contributed by atoms with E-state index in [0.717, 1.165) is 17.3 Å². The zero-order valence-electron chi connectivity index (χ0n) is 14.3. The molecule has 1 aliphatic rings. The van der Waals surface area contributed by atoms with Crippen LogP contribution >= 0.6 is 27.3 Å². The van der Waals surface area contributed by atoms with Crippen molar-refractivity contribution in [2.45, 2.75) is 38.5 Å². The molecule has 1 amide bonds. The fourth-order valence-electron chi connectivity index (χ4n) is 2.71. The molecule has 7 heteroatoms. The van der Waals surface area contributed by atoms with E-state index in [1.54, 1.807) is 6.20 Å². The van der Waals surface area contributed by atoms with Crippen LogP contribution in [0.4, 0.5) is 0 Å². The molecule has 2 aromatic rings. The lowest BCUT2D eigenvalue weighted by Gasteiger charge is -2.19. The number of amides is 1. The molecule has 1 saturated heterocycles. The molecule has 2 heterocycles. The van der Waals surface area contributed by atoms with E-state index in [-0.39, 0.29) is 11.9 Å². The number of nitrogens with one attached hydrogen (secondary N) is 1. The summed E-state index contributed by atoms with van der Waals surface area (Å²) in [6, 6.07) is 8.14. The van der Waals surface area contributed by atoms with Crippen LogP contribution in [0, 0.1) is 0 Å². The van der Waals surface area contributed by atoms with Crippen molar-refractivity contribution in [3.63, 3.8) is 0 Å². The minimum absolute atomic E-state index is 0.0614. The van der Waals surface area contributed by atoms with Crippen molar-refractivity contribution in [2.75, 3.05) is 13.2 Å². The summed E-state index contributed by atoms with van der Waals surface area (Å²) in [6.07, 6.45) is 3.22. The Morgan fingerprint density at radius 2 is 2.12 bits per heavy atom. The Hall–Kier alpha value is -1.28. The quantitative estimate of drug-likeness (QED) is 0.763. The van der Waals surface area contributed by atoms with Gasteiger partial charge in [0, 0.05) is 10.5 Å². The average molecular weight is 425 g/mol. The van der Waals surface area contributed by atoms with Crippen molar-refractivity contribution in [3.05, 3.63) is 50.4 Å². The van der Waals surface area contributed by atoms with Gasteiger partial charge in [0.05, 0.1) is 19.4 Å². The largest absolute Gasteiger partial charge is 0.348 e. The van der Waals surface area contributed by atoms with E-state index in [9.17, 15) is 4.79 Å². The van der Waals surface area contributed by atoms with Crippen LogP contribution in [0.5, 0.6) is 0 Å². The molecule has 1 aliphatic heterocycles. The molecule has 0 spiro atoms. The first-order valence-electron chi connectivity index (χ1n) is 8.30. The third-order valence-corrected chi connectivity index (χ3v) is 6.16. The van der Waals surface area contributed by atoms with Crippen LogP contribution in [0.1, 0.15) is 40.5 Å². The summed E-state index contributed by atoms with van der Waals surface area (Å²) in [5, 5.41) is 3.78. The number of halogens is 1. The number of ether oxygens (including phenoxy) is 2. The van der Waals surface area contributed by atoms with Crippen LogP contribution in [0.3, 0.4) is 0 Å². The Labute approximate surface area is 159 Å². The Morgan fingerprint density at radius 1 is 1.40 bits per heavy atom. The highest BCUT2D eigenvalue weighted by Crippen LogP contribution is 2.33. The van der Waals surface area contributed by atoms with Crippen molar-refractivity contribution in [1.82, 2.24) is 10.3 Å². The maximum atomic E-state index is 12.6. The number of carbonyl (C=O) groups excluding carboxylic acids is 1. The third-order valence-electron chi connectivity index (χ3n) is 4.21. The van der Waals surface area contributed by atoms with Crippen LogP contribution in [-0.2, 0) is 21.7 Å². The fraction of sp³-hybridized carbons (Fsp3) is 0.444. The third kappa shape index (κ3) is 4.28. The summed E-state index contributed by atoms with van der Waals surface area (Å²) < 4.78 is 12.3. The molecule has 1 aromatic heterocycles. The molecule has 1 fully saturated rings. The number of hydrogen-bond donors (Lipinski definition) is 1. The Bertz CT molecular complexity index is 743. The van der Waals surface area contributed by atoms with Gasteiger partial charge in [-0.3, -0.25) is 4.79 Å². The zero-order valence-corrected chi connectivity index (χ0v) is 16.7. The average Bonchev–Trinajstić information content (AvgIpc) is 3.26. The number of thiazole rings is 1. The van der Waals surface area contributed by atoms with E-state index in [1.165, 1.54) is 16.9 Å². The summed E-state index contributed by atoms with van der Waals surface area (Å²) in [7, 11) is 0. The molecule has 0 bridgehead atoms. The number of hydrogen-bond acceptors (Lipinski definition) is 5. The number of carbonyl (C=O) groups is 1. The first kappa shape index (κ1) is 18.5. The minimum atomic E-state index is -0.831. The number of aromatic nitrogens is 1. The van der Waals surface area contributed by atoms with Crippen LogP contribution in [0.25, 0.3) is 0 Å². The second kappa shape index (κ2) is 7.95. The molecule has 0 radical (unpaired) electrons. The van der Waals surface area contributed by atoms with Crippen LogP contribution in [0.15, 0.2) is 34.9 Å². The highest BCUT2D eigenvalue weighted by atomic mass is 79.9. The SMILES string of the molecule is CCC(Cc1ccccc1Br)NC(=O)c1cnc(C2(C)OCCO2)s1. The lowest BCUT2D eigenvalue weighted by atomic mass is 10.0. The van der Waals surface area contributed by atoms with Crippen molar-refractivity contribution in [3.8, 4) is 0 Å². The van der Waals surface area contributed by atoms with E-state index >= 15 is 0 Å². The molecule has 0 aliphatic carbocycles. The van der Waals surface area contributed by atoms with Gasteiger partial charge < -0.3 is 14.8 Å². The van der Waals surface area contributed by atoms with Crippen LogP contribution in [0.2, 0.25) is 0 Å². The standard InChI is InChI=1S/C18H21BrN2O3S/c1-3-13(10-12-6-4-5-7-14(12)19)21-16(22)15-11-20-17(25-15)18(2)23-8-9-24-18/h4-7,11,13H,3,8-10H2,1-2H3,(H,21,22). The molecular formula is C18H21BrN2O3S. The van der Waals surface area contributed by atoms with E-state index < -0.39 is 5.79 Å². The highest BCUT2D eigenvalue weighted by molar-refractivity contribution is 9.10. The number of nitrogens with zero attached hydrogens (tertiary/aromatic N) is 1. The van der Waals surface area contributed by atoms with Crippen LogP contribution < -0.4 is 5.32 Å². The summed E-state index contributed by atoms with van der Waals surface area (Å²) >= 11 is 4.88. The summed E-state index contributed by atoms with van der Waals surface area (Å²) in [5.41, 5.74) is 1.18.